The van der Waals surface area contributed by atoms with Gasteiger partial charge in [0.1, 0.15) is 0 Å². The molecule has 0 spiro atoms. The number of aromatic nitrogens is 2. The van der Waals surface area contributed by atoms with Gasteiger partial charge in [0, 0.05) is 26.2 Å². The minimum atomic E-state index is -0.126. The Morgan fingerprint density at radius 2 is 2.12 bits per heavy atom. The number of carbonyl (C=O) groups is 1. The summed E-state index contributed by atoms with van der Waals surface area (Å²) in [5, 5.41) is 7.01. The lowest BCUT2D eigenvalue weighted by Crippen LogP contribution is -2.42. The molecule has 1 aromatic carbocycles. The monoisotopic (exact) mass is 326 g/mol. The van der Waals surface area contributed by atoms with Gasteiger partial charge in [0.2, 0.25) is 5.91 Å². The molecule has 1 aliphatic heterocycles. The number of rotatable bonds is 4. The number of amides is 1. The summed E-state index contributed by atoms with van der Waals surface area (Å²) in [5.74, 6) is 0.0283. The maximum atomic E-state index is 12.4. The molecule has 0 bridgehead atoms. The van der Waals surface area contributed by atoms with Crippen LogP contribution in [0.15, 0.2) is 47.4 Å². The zero-order chi connectivity index (χ0) is 16.9. The van der Waals surface area contributed by atoms with Gasteiger partial charge < -0.3 is 10.2 Å². The van der Waals surface area contributed by atoms with Crippen molar-refractivity contribution in [2.75, 3.05) is 25.0 Å². The van der Waals surface area contributed by atoms with Crippen LogP contribution < -0.4 is 15.8 Å². The highest BCUT2D eigenvalue weighted by Gasteiger charge is 2.25. The Hall–Kier alpha value is -2.63. The van der Waals surface area contributed by atoms with Crippen molar-refractivity contribution >= 4 is 11.6 Å². The normalized spacial score (nSPS) is 17.5. The van der Waals surface area contributed by atoms with Crippen molar-refractivity contribution in [2.45, 2.75) is 19.4 Å². The zero-order valence-electron chi connectivity index (χ0n) is 13.8. The van der Waals surface area contributed by atoms with Crippen LogP contribution in [0.25, 0.3) is 0 Å². The molecule has 0 aliphatic carbocycles. The molecule has 0 radical (unpaired) electrons. The summed E-state index contributed by atoms with van der Waals surface area (Å²) in [6, 6.07) is 11.4. The van der Waals surface area contributed by atoms with Gasteiger partial charge in [0.05, 0.1) is 24.3 Å². The quantitative estimate of drug-likeness (QED) is 0.918. The lowest BCUT2D eigenvalue weighted by Gasteiger charge is -2.33. The average Bonchev–Trinajstić information content (AvgIpc) is 2.63. The van der Waals surface area contributed by atoms with E-state index in [4.69, 9.17) is 0 Å². The first kappa shape index (κ1) is 16.2. The largest absolute Gasteiger partial charge is 0.369 e. The van der Waals surface area contributed by atoms with Crippen LogP contribution in [0.3, 0.4) is 0 Å². The summed E-state index contributed by atoms with van der Waals surface area (Å²) in [7, 11) is 1.66. The van der Waals surface area contributed by atoms with Gasteiger partial charge >= 0.3 is 0 Å². The average molecular weight is 326 g/mol. The van der Waals surface area contributed by atoms with Gasteiger partial charge in [-0.15, -0.1) is 0 Å². The van der Waals surface area contributed by atoms with Crippen LogP contribution in [-0.4, -0.2) is 35.8 Å². The van der Waals surface area contributed by atoms with Crippen LogP contribution in [0.4, 0.5) is 5.69 Å². The molecule has 126 valence electrons. The van der Waals surface area contributed by atoms with E-state index in [9.17, 15) is 9.59 Å². The van der Waals surface area contributed by atoms with Crippen LogP contribution in [-0.2, 0) is 11.3 Å². The Balaban J connectivity index is 1.74. The molecule has 1 fully saturated rings. The fourth-order valence-electron chi connectivity index (χ4n) is 3.10. The Morgan fingerprint density at radius 1 is 1.33 bits per heavy atom. The van der Waals surface area contributed by atoms with E-state index < -0.39 is 0 Å². The number of hydrogen-bond acceptors (Lipinski definition) is 4. The smallest absolute Gasteiger partial charge is 0.269 e. The summed E-state index contributed by atoms with van der Waals surface area (Å²) in [4.78, 5) is 26.3. The van der Waals surface area contributed by atoms with Crippen LogP contribution in [0.1, 0.15) is 18.4 Å². The number of anilines is 1. The van der Waals surface area contributed by atoms with Gasteiger partial charge in [-0.3, -0.25) is 9.59 Å². The first-order valence-electron chi connectivity index (χ1n) is 8.25. The maximum absolute atomic E-state index is 12.4. The number of carbonyl (C=O) groups excluding carboxylic acids is 1. The summed E-state index contributed by atoms with van der Waals surface area (Å²) in [6.07, 6.45) is 3.54. The van der Waals surface area contributed by atoms with E-state index in [1.807, 2.05) is 30.3 Å². The minimum absolute atomic E-state index is 0.0319. The fourth-order valence-corrected chi connectivity index (χ4v) is 3.10. The van der Waals surface area contributed by atoms with Crippen LogP contribution in [0, 0.1) is 5.92 Å². The number of benzene rings is 1. The predicted molar refractivity (Wildman–Crippen MR) is 93.0 cm³/mol. The van der Waals surface area contributed by atoms with Crippen molar-refractivity contribution in [3.8, 4) is 0 Å². The topological polar surface area (TPSA) is 67.2 Å². The number of nitrogens with one attached hydrogen (secondary N) is 1. The van der Waals surface area contributed by atoms with Gasteiger partial charge in [-0.1, -0.05) is 30.3 Å². The molecular formula is C18H22N4O2. The summed E-state index contributed by atoms with van der Waals surface area (Å²) in [6.45, 7) is 1.93. The van der Waals surface area contributed by atoms with Crippen LogP contribution in [0.2, 0.25) is 0 Å². The molecule has 24 heavy (non-hydrogen) atoms. The Labute approximate surface area is 141 Å². The fraction of sp³-hybridized carbons (Fsp3) is 0.389. The second kappa shape index (κ2) is 7.29. The van der Waals surface area contributed by atoms with Gasteiger partial charge in [-0.25, -0.2) is 4.68 Å². The summed E-state index contributed by atoms with van der Waals surface area (Å²) >= 11 is 0. The number of piperidine rings is 1. The van der Waals surface area contributed by atoms with E-state index in [1.54, 1.807) is 19.3 Å². The van der Waals surface area contributed by atoms with E-state index in [1.165, 1.54) is 4.68 Å². The molecule has 1 saturated heterocycles. The predicted octanol–water partition coefficient (Wildman–Crippen LogP) is 1.25. The third kappa shape index (κ3) is 3.64. The molecular weight excluding hydrogens is 304 g/mol. The molecule has 0 saturated carbocycles. The van der Waals surface area contributed by atoms with Gasteiger partial charge in [0.25, 0.3) is 5.56 Å². The lowest BCUT2D eigenvalue weighted by atomic mass is 9.97. The van der Waals surface area contributed by atoms with Gasteiger partial charge in [-0.2, -0.15) is 5.10 Å². The molecule has 6 heteroatoms. The van der Waals surface area contributed by atoms with Crippen molar-refractivity contribution in [3.05, 3.63) is 58.5 Å². The first-order valence-corrected chi connectivity index (χ1v) is 8.25. The minimum Gasteiger partial charge on any atom is -0.369 e. The third-order valence-corrected chi connectivity index (χ3v) is 4.43. The highest BCUT2D eigenvalue weighted by atomic mass is 16.2. The zero-order valence-corrected chi connectivity index (χ0v) is 13.8. The Bertz CT molecular complexity index is 757. The van der Waals surface area contributed by atoms with E-state index in [0.717, 1.165) is 30.6 Å². The standard InChI is InChI=1S/C18H22N4O2/c1-19-18(24)15-8-5-9-21(13-15)16-10-17(23)22(20-11-16)12-14-6-3-2-4-7-14/h2-4,6-7,10-11,15H,5,8-9,12-13H2,1H3,(H,19,24)/t15-/m1/s1. The molecule has 1 aliphatic rings. The van der Waals surface area contributed by atoms with Crippen molar-refractivity contribution in [1.82, 2.24) is 15.1 Å². The molecule has 3 rings (SSSR count). The Kier molecular flexibility index (Phi) is 4.93. The molecule has 1 atom stereocenters. The summed E-state index contributed by atoms with van der Waals surface area (Å²) in [5.41, 5.74) is 1.70. The maximum Gasteiger partial charge on any atom is 0.269 e. The lowest BCUT2D eigenvalue weighted by molar-refractivity contribution is -0.124. The molecule has 1 aromatic heterocycles. The second-order valence-electron chi connectivity index (χ2n) is 6.09. The van der Waals surface area contributed by atoms with E-state index in [0.29, 0.717) is 13.1 Å². The first-order chi connectivity index (χ1) is 11.7. The van der Waals surface area contributed by atoms with E-state index in [2.05, 4.69) is 15.3 Å². The van der Waals surface area contributed by atoms with Crippen molar-refractivity contribution in [3.63, 3.8) is 0 Å². The molecule has 1 N–H and O–H groups in total. The molecule has 2 aromatic rings. The highest BCUT2D eigenvalue weighted by Crippen LogP contribution is 2.21. The molecule has 0 unspecified atom stereocenters. The number of hydrogen-bond donors (Lipinski definition) is 1. The molecule has 2 heterocycles. The van der Waals surface area contributed by atoms with Crippen LogP contribution in [0.5, 0.6) is 0 Å². The van der Waals surface area contributed by atoms with Crippen molar-refractivity contribution in [2.24, 2.45) is 5.92 Å². The third-order valence-electron chi connectivity index (χ3n) is 4.43. The molecule has 6 nitrogen and oxygen atoms in total. The van der Waals surface area contributed by atoms with E-state index in [-0.39, 0.29) is 17.4 Å². The second-order valence-corrected chi connectivity index (χ2v) is 6.09. The van der Waals surface area contributed by atoms with Crippen molar-refractivity contribution in [1.29, 1.82) is 0 Å². The summed E-state index contributed by atoms with van der Waals surface area (Å²) < 4.78 is 1.46. The van der Waals surface area contributed by atoms with E-state index >= 15 is 0 Å². The highest BCUT2D eigenvalue weighted by molar-refractivity contribution is 5.79. The van der Waals surface area contributed by atoms with Gasteiger partial charge in [0.15, 0.2) is 0 Å². The van der Waals surface area contributed by atoms with Gasteiger partial charge in [-0.05, 0) is 18.4 Å². The van der Waals surface area contributed by atoms with Crippen LogP contribution >= 0.6 is 0 Å². The Morgan fingerprint density at radius 3 is 2.83 bits per heavy atom. The molecule has 1 amide bonds. The SMILES string of the molecule is CNC(=O)[C@@H]1CCCN(c2cnn(Cc3ccccc3)c(=O)c2)C1. The number of nitrogens with zero attached hydrogens (tertiary/aromatic N) is 3. The van der Waals surface area contributed by atoms with Crippen molar-refractivity contribution < 1.29 is 4.79 Å².